The highest BCUT2D eigenvalue weighted by Gasteiger charge is 2.47. The fraction of sp³-hybridized carbons (Fsp3) is 0.500. The maximum atomic E-state index is 13.9. The van der Waals surface area contributed by atoms with Gasteiger partial charge in [0.15, 0.2) is 0 Å². The van der Waals surface area contributed by atoms with Gasteiger partial charge in [-0.05, 0) is 12.1 Å². The molecule has 1 aromatic rings. The third kappa shape index (κ3) is 3.05. The van der Waals surface area contributed by atoms with Crippen molar-refractivity contribution in [1.29, 1.82) is 0 Å². The van der Waals surface area contributed by atoms with Crippen molar-refractivity contribution in [2.75, 3.05) is 26.2 Å². The Labute approximate surface area is 117 Å². The number of alkyl halides is 3. The van der Waals surface area contributed by atoms with Gasteiger partial charge in [0.1, 0.15) is 17.7 Å². The zero-order valence-electron chi connectivity index (χ0n) is 10.3. The Morgan fingerprint density at radius 1 is 1.15 bits per heavy atom. The molecule has 0 spiro atoms. The topological polar surface area (TPSA) is 15.3 Å². The van der Waals surface area contributed by atoms with Crippen LogP contribution in [0.25, 0.3) is 0 Å². The molecule has 1 heterocycles. The normalized spacial score (nSPS) is 19.1. The van der Waals surface area contributed by atoms with E-state index in [1.807, 2.05) is 0 Å². The van der Waals surface area contributed by atoms with E-state index in [-0.39, 0.29) is 13.1 Å². The average Bonchev–Trinajstić information content (AvgIpc) is 2.39. The van der Waals surface area contributed by atoms with Crippen molar-refractivity contribution in [1.82, 2.24) is 10.2 Å². The van der Waals surface area contributed by atoms with Gasteiger partial charge >= 0.3 is 6.18 Å². The highest BCUT2D eigenvalue weighted by Crippen LogP contribution is 2.41. The molecule has 1 aliphatic heterocycles. The molecule has 20 heavy (non-hydrogen) atoms. The third-order valence-corrected chi connectivity index (χ3v) is 3.47. The number of halogens is 6. The number of benzene rings is 1. The van der Waals surface area contributed by atoms with E-state index in [9.17, 15) is 22.0 Å². The van der Waals surface area contributed by atoms with Gasteiger partial charge < -0.3 is 5.32 Å². The molecule has 0 unspecified atom stereocenters. The number of hydrogen-bond acceptors (Lipinski definition) is 2. The minimum Gasteiger partial charge on any atom is -0.314 e. The summed E-state index contributed by atoms with van der Waals surface area (Å²) in [6, 6.07) is -0.675. The lowest BCUT2D eigenvalue weighted by molar-refractivity contribution is -0.189. The smallest absolute Gasteiger partial charge is 0.314 e. The average molecular weight is 315 g/mol. The van der Waals surface area contributed by atoms with E-state index in [0.717, 1.165) is 17.0 Å². The Balaban J connectivity index is 2.49. The second-order valence-corrected chi connectivity index (χ2v) is 4.89. The highest BCUT2D eigenvalue weighted by atomic mass is 35.5. The molecule has 0 radical (unpaired) electrons. The van der Waals surface area contributed by atoms with Crippen molar-refractivity contribution in [3.63, 3.8) is 0 Å². The summed E-state index contributed by atoms with van der Waals surface area (Å²) in [5.41, 5.74) is -1.04. The molecule has 2 rings (SSSR count). The molecule has 0 aliphatic carbocycles. The van der Waals surface area contributed by atoms with Gasteiger partial charge in [-0.1, -0.05) is 11.6 Å². The van der Waals surface area contributed by atoms with Gasteiger partial charge in [0.05, 0.1) is 10.6 Å². The number of nitrogens with zero attached hydrogens (tertiary/aromatic N) is 1. The number of rotatable bonds is 2. The van der Waals surface area contributed by atoms with Crippen LogP contribution in [0.2, 0.25) is 5.02 Å². The number of piperazine rings is 1. The van der Waals surface area contributed by atoms with Crippen LogP contribution in [0, 0.1) is 11.6 Å². The lowest BCUT2D eigenvalue weighted by Crippen LogP contribution is -2.49. The maximum Gasteiger partial charge on any atom is 0.408 e. The second-order valence-electron chi connectivity index (χ2n) is 4.49. The summed E-state index contributed by atoms with van der Waals surface area (Å²) in [6.07, 6.45) is -4.79. The monoisotopic (exact) mass is 314 g/mol. The first-order valence-electron chi connectivity index (χ1n) is 5.97. The van der Waals surface area contributed by atoms with Crippen molar-refractivity contribution in [2.24, 2.45) is 0 Å². The summed E-state index contributed by atoms with van der Waals surface area (Å²) < 4.78 is 67.3. The van der Waals surface area contributed by atoms with Gasteiger partial charge in [-0.15, -0.1) is 0 Å². The lowest BCUT2D eigenvalue weighted by atomic mass is 10.0. The summed E-state index contributed by atoms with van der Waals surface area (Å²) in [5, 5.41) is 2.37. The Hall–Kier alpha value is -0.920. The molecule has 1 atom stereocenters. The quantitative estimate of drug-likeness (QED) is 0.666. The third-order valence-electron chi connectivity index (χ3n) is 3.18. The molecular weight excluding hydrogens is 303 g/mol. The van der Waals surface area contributed by atoms with E-state index in [1.165, 1.54) is 0 Å². The summed E-state index contributed by atoms with van der Waals surface area (Å²) in [5.74, 6) is -2.60. The molecular formula is C12H12ClF5N2. The van der Waals surface area contributed by atoms with Crippen LogP contribution in [0.5, 0.6) is 0 Å². The van der Waals surface area contributed by atoms with Crippen molar-refractivity contribution in [2.45, 2.75) is 12.2 Å². The zero-order chi connectivity index (χ0) is 14.9. The van der Waals surface area contributed by atoms with Crippen LogP contribution in [0.4, 0.5) is 22.0 Å². The van der Waals surface area contributed by atoms with Gasteiger partial charge in [-0.3, -0.25) is 4.90 Å². The molecule has 1 N–H and O–H groups in total. The lowest BCUT2D eigenvalue weighted by Gasteiger charge is -2.36. The van der Waals surface area contributed by atoms with E-state index in [0.29, 0.717) is 13.1 Å². The minimum atomic E-state index is -4.79. The number of nitrogens with one attached hydrogen (secondary N) is 1. The SMILES string of the molecule is Fc1ccc(Cl)c(F)c1[C@@H](N1CCNCC1)C(F)(F)F. The molecule has 0 aromatic heterocycles. The van der Waals surface area contributed by atoms with Crippen molar-refractivity contribution in [3.05, 3.63) is 34.4 Å². The molecule has 0 saturated carbocycles. The Bertz CT molecular complexity index is 485. The van der Waals surface area contributed by atoms with Crippen LogP contribution < -0.4 is 5.32 Å². The molecule has 0 bridgehead atoms. The van der Waals surface area contributed by atoms with Gasteiger partial charge in [0, 0.05) is 26.2 Å². The van der Waals surface area contributed by atoms with E-state index in [4.69, 9.17) is 11.6 Å². The molecule has 1 aliphatic rings. The maximum absolute atomic E-state index is 13.9. The molecule has 0 amide bonds. The minimum absolute atomic E-state index is 0.0512. The second kappa shape index (κ2) is 5.83. The zero-order valence-corrected chi connectivity index (χ0v) is 11.0. The van der Waals surface area contributed by atoms with Crippen molar-refractivity contribution < 1.29 is 22.0 Å². The van der Waals surface area contributed by atoms with Gasteiger partial charge in [0.2, 0.25) is 0 Å². The first kappa shape index (κ1) is 15.5. The molecule has 8 heteroatoms. The number of hydrogen-bond donors (Lipinski definition) is 1. The molecule has 112 valence electrons. The Kier molecular flexibility index (Phi) is 4.51. The first-order valence-corrected chi connectivity index (χ1v) is 6.35. The molecule has 2 nitrogen and oxygen atoms in total. The fourth-order valence-electron chi connectivity index (χ4n) is 2.29. The molecule has 1 fully saturated rings. The largest absolute Gasteiger partial charge is 0.408 e. The van der Waals surface area contributed by atoms with Crippen LogP contribution >= 0.6 is 11.6 Å². The van der Waals surface area contributed by atoms with Crippen LogP contribution in [0.15, 0.2) is 12.1 Å². The highest BCUT2D eigenvalue weighted by molar-refractivity contribution is 6.30. The standard InChI is InChI=1S/C12H12ClF5N2/c13-7-1-2-8(14)9(10(7)15)11(12(16,17)18)20-5-3-19-4-6-20/h1-2,11,19H,3-6H2/t11-/m1/s1. The summed E-state index contributed by atoms with van der Waals surface area (Å²) in [7, 11) is 0. The van der Waals surface area contributed by atoms with Crippen LogP contribution in [0.3, 0.4) is 0 Å². The fourth-order valence-corrected chi connectivity index (χ4v) is 2.45. The first-order chi connectivity index (χ1) is 9.32. The van der Waals surface area contributed by atoms with Crippen molar-refractivity contribution >= 4 is 11.6 Å². The predicted octanol–water partition coefficient (Wildman–Crippen LogP) is 3.13. The van der Waals surface area contributed by atoms with E-state index >= 15 is 0 Å². The summed E-state index contributed by atoms with van der Waals surface area (Å²) in [6.45, 7) is 0.762. The van der Waals surface area contributed by atoms with Crippen molar-refractivity contribution in [3.8, 4) is 0 Å². The van der Waals surface area contributed by atoms with Crippen LogP contribution in [-0.4, -0.2) is 37.3 Å². The van der Waals surface area contributed by atoms with Gasteiger partial charge in [-0.25, -0.2) is 8.78 Å². The summed E-state index contributed by atoms with van der Waals surface area (Å²) >= 11 is 5.48. The predicted molar refractivity (Wildman–Crippen MR) is 64.6 cm³/mol. The molecule has 1 aromatic carbocycles. The Morgan fingerprint density at radius 3 is 2.30 bits per heavy atom. The van der Waals surface area contributed by atoms with Crippen LogP contribution in [0.1, 0.15) is 11.6 Å². The Morgan fingerprint density at radius 2 is 1.75 bits per heavy atom. The summed E-state index contributed by atoms with van der Waals surface area (Å²) in [4.78, 5) is 1.01. The van der Waals surface area contributed by atoms with Gasteiger partial charge in [-0.2, -0.15) is 13.2 Å². The van der Waals surface area contributed by atoms with E-state index in [1.54, 1.807) is 0 Å². The van der Waals surface area contributed by atoms with E-state index < -0.39 is 34.4 Å². The molecule has 1 saturated heterocycles. The van der Waals surface area contributed by atoms with E-state index in [2.05, 4.69) is 5.32 Å². The van der Waals surface area contributed by atoms with Crippen LogP contribution in [-0.2, 0) is 0 Å². The van der Waals surface area contributed by atoms with Gasteiger partial charge in [0.25, 0.3) is 0 Å².